The summed E-state index contributed by atoms with van der Waals surface area (Å²) >= 11 is 0. The highest BCUT2D eigenvalue weighted by atomic mass is 31.2. The number of carbonyl (C=O) groups excluding carboxylic acids is 3. The zero-order valence-electron chi connectivity index (χ0n) is 37.7. The SMILES string of the molecule is CCCCCCCCCCCCCCCCCC(=O)OCC(COP(=O)(O)OCCNC(=O)CCCC(=O)O)OC(=O)CCCCCCCCCCCCCCCCC. The largest absolute Gasteiger partial charge is 0.481 e. The van der Waals surface area contributed by atoms with E-state index in [2.05, 4.69) is 19.2 Å². The van der Waals surface area contributed by atoms with E-state index in [1.807, 2.05) is 0 Å². The molecule has 0 spiro atoms. The molecular formula is C46H88NO11P. The number of carbonyl (C=O) groups is 4. The summed E-state index contributed by atoms with van der Waals surface area (Å²) in [4.78, 5) is 57.8. The fourth-order valence-corrected chi connectivity index (χ4v) is 7.71. The zero-order chi connectivity index (χ0) is 43.5. The van der Waals surface area contributed by atoms with E-state index in [9.17, 15) is 28.6 Å². The van der Waals surface area contributed by atoms with Crippen molar-refractivity contribution in [2.45, 2.75) is 245 Å². The van der Waals surface area contributed by atoms with Crippen molar-refractivity contribution in [2.24, 2.45) is 0 Å². The summed E-state index contributed by atoms with van der Waals surface area (Å²) in [7, 11) is -4.59. The van der Waals surface area contributed by atoms with Crippen LogP contribution in [0.15, 0.2) is 0 Å². The predicted octanol–water partition coefficient (Wildman–Crippen LogP) is 12.5. The summed E-state index contributed by atoms with van der Waals surface area (Å²) in [6.45, 7) is 3.24. The topological polar surface area (TPSA) is 175 Å². The Balaban J connectivity index is 4.46. The van der Waals surface area contributed by atoms with Crippen molar-refractivity contribution in [3.63, 3.8) is 0 Å². The number of carboxylic acid groups (broad SMARTS) is 1. The van der Waals surface area contributed by atoms with Crippen molar-refractivity contribution in [1.82, 2.24) is 5.32 Å². The van der Waals surface area contributed by atoms with Crippen LogP contribution in [0.1, 0.15) is 239 Å². The monoisotopic (exact) mass is 862 g/mol. The summed E-state index contributed by atoms with van der Waals surface area (Å²) in [5, 5.41) is 11.2. The number of ether oxygens (including phenoxy) is 2. The summed E-state index contributed by atoms with van der Waals surface area (Å²) in [6, 6.07) is 0. The highest BCUT2D eigenvalue weighted by molar-refractivity contribution is 7.47. The molecule has 0 saturated heterocycles. The van der Waals surface area contributed by atoms with Crippen LogP contribution in [0, 0.1) is 0 Å². The van der Waals surface area contributed by atoms with Gasteiger partial charge in [-0.15, -0.1) is 0 Å². The van der Waals surface area contributed by atoms with E-state index in [1.54, 1.807) is 0 Å². The van der Waals surface area contributed by atoms with E-state index < -0.39 is 44.3 Å². The van der Waals surface area contributed by atoms with Gasteiger partial charge in [-0.2, -0.15) is 0 Å². The third kappa shape index (κ3) is 43.9. The summed E-state index contributed by atoms with van der Waals surface area (Å²) < 4.78 is 33.5. The highest BCUT2D eigenvalue weighted by Gasteiger charge is 2.26. The number of aliphatic carboxylic acids is 1. The maximum absolute atomic E-state index is 12.7. The van der Waals surface area contributed by atoms with Gasteiger partial charge in [-0.05, 0) is 19.3 Å². The lowest BCUT2D eigenvalue weighted by atomic mass is 10.0. The normalized spacial score (nSPS) is 12.9. The Morgan fingerprint density at radius 2 is 0.881 bits per heavy atom. The number of amides is 1. The average Bonchev–Trinajstić information content (AvgIpc) is 3.20. The summed E-state index contributed by atoms with van der Waals surface area (Å²) in [5.74, 6) is -2.32. The fourth-order valence-electron chi connectivity index (χ4n) is 6.95. The maximum atomic E-state index is 12.7. The molecule has 1 amide bonds. The first-order valence-corrected chi connectivity index (χ1v) is 25.5. The van der Waals surface area contributed by atoms with E-state index >= 15 is 0 Å². The molecule has 0 fully saturated rings. The Hall–Kier alpha value is -2.01. The minimum Gasteiger partial charge on any atom is -0.481 e. The Morgan fingerprint density at radius 1 is 0.492 bits per heavy atom. The van der Waals surface area contributed by atoms with E-state index in [0.717, 1.165) is 38.5 Å². The summed E-state index contributed by atoms with van der Waals surface area (Å²) in [6.07, 6.45) is 36.0. The van der Waals surface area contributed by atoms with Gasteiger partial charge in [0.1, 0.15) is 6.61 Å². The highest BCUT2D eigenvalue weighted by Crippen LogP contribution is 2.43. The molecule has 0 radical (unpaired) electrons. The predicted molar refractivity (Wildman–Crippen MR) is 236 cm³/mol. The first-order chi connectivity index (χ1) is 28.6. The number of phosphoric acid groups is 1. The summed E-state index contributed by atoms with van der Waals surface area (Å²) in [5.41, 5.74) is 0. The van der Waals surface area contributed by atoms with Crippen molar-refractivity contribution in [3.05, 3.63) is 0 Å². The van der Waals surface area contributed by atoms with Gasteiger partial charge in [0.05, 0.1) is 13.2 Å². The van der Waals surface area contributed by atoms with Crippen LogP contribution >= 0.6 is 7.82 Å². The van der Waals surface area contributed by atoms with Crippen LogP contribution in [0.25, 0.3) is 0 Å². The van der Waals surface area contributed by atoms with E-state index in [0.29, 0.717) is 12.8 Å². The first kappa shape index (κ1) is 57.0. The van der Waals surface area contributed by atoms with Crippen LogP contribution in [0.2, 0.25) is 0 Å². The molecule has 0 aromatic rings. The molecule has 0 saturated carbocycles. The van der Waals surface area contributed by atoms with E-state index in [4.69, 9.17) is 23.6 Å². The molecule has 0 rings (SSSR count). The van der Waals surface area contributed by atoms with Gasteiger partial charge in [0.15, 0.2) is 6.10 Å². The van der Waals surface area contributed by atoms with Crippen LogP contribution in [0.4, 0.5) is 0 Å². The zero-order valence-corrected chi connectivity index (χ0v) is 38.6. The number of hydrogen-bond acceptors (Lipinski definition) is 9. The van der Waals surface area contributed by atoms with Gasteiger partial charge < -0.3 is 24.8 Å². The molecule has 13 heteroatoms. The number of phosphoric ester groups is 1. The molecule has 348 valence electrons. The number of nitrogens with one attached hydrogen (secondary N) is 1. The van der Waals surface area contributed by atoms with E-state index in [-0.39, 0.29) is 51.9 Å². The lowest BCUT2D eigenvalue weighted by molar-refractivity contribution is -0.161. The third-order valence-corrected chi connectivity index (χ3v) is 11.6. The smallest absolute Gasteiger partial charge is 0.472 e. The van der Waals surface area contributed by atoms with Gasteiger partial charge in [0.2, 0.25) is 5.91 Å². The maximum Gasteiger partial charge on any atom is 0.472 e. The number of hydrogen-bond donors (Lipinski definition) is 3. The Morgan fingerprint density at radius 3 is 1.29 bits per heavy atom. The molecule has 2 unspecified atom stereocenters. The van der Waals surface area contributed by atoms with Crippen molar-refractivity contribution >= 4 is 31.6 Å². The molecule has 0 aromatic heterocycles. The van der Waals surface area contributed by atoms with Gasteiger partial charge in [-0.3, -0.25) is 28.2 Å². The second-order valence-electron chi connectivity index (χ2n) is 16.4. The number of esters is 2. The van der Waals surface area contributed by atoms with Crippen LogP contribution in [0.5, 0.6) is 0 Å². The second-order valence-corrected chi connectivity index (χ2v) is 17.8. The number of carboxylic acids is 1. The van der Waals surface area contributed by atoms with Gasteiger partial charge in [0.25, 0.3) is 0 Å². The quantitative estimate of drug-likeness (QED) is 0.0302. The van der Waals surface area contributed by atoms with Crippen molar-refractivity contribution in [3.8, 4) is 0 Å². The van der Waals surface area contributed by atoms with Crippen LogP contribution in [0.3, 0.4) is 0 Å². The Bertz CT molecular complexity index is 1060. The minimum absolute atomic E-state index is 0.00416. The number of rotatable bonds is 46. The van der Waals surface area contributed by atoms with Gasteiger partial charge in [-0.25, -0.2) is 4.57 Å². The van der Waals surface area contributed by atoms with Gasteiger partial charge in [0, 0.05) is 32.2 Å². The number of unbranched alkanes of at least 4 members (excludes halogenated alkanes) is 28. The molecule has 0 heterocycles. The first-order valence-electron chi connectivity index (χ1n) is 24.0. The fraction of sp³-hybridized carbons (Fsp3) is 0.913. The van der Waals surface area contributed by atoms with Crippen molar-refractivity contribution < 1.29 is 52.3 Å². The minimum atomic E-state index is -4.59. The van der Waals surface area contributed by atoms with Gasteiger partial charge >= 0.3 is 25.7 Å². The Labute approximate surface area is 359 Å². The average molecular weight is 862 g/mol. The molecule has 0 aliphatic heterocycles. The van der Waals surface area contributed by atoms with Crippen molar-refractivity contribution in [2.75, 3.05) is 26.4 Å². The molecule has 12 nitrogen and oxygen atoms in total. The van der Waals surface area contributed by atoms with Crippen LogP contribution in [-0.2, 0) is 42.3 Å². The second kappa shape index (κ2) is 42.7. The molecule has 3 N–H and O–H groups in total. The molecule has 2 atom stereocenters. The molecule has 0 aliphatic rings. The molecule has 59 heavy (non-hydrogen) atoms. The van der Waals surface area contributed by atoms with Crippen LogP contribution in [-0.4, -0.2) is 66.3 Å². The van der Waals surface area contributed by atoms with E-state index in [1.165, 1.54) is 141 Å². The molecule has 0 aromatic carbocycles. The molecular weight excluding hydrogens is 773 g/mol. The lowest BCUT2D eigenvalue weighted by Gasteiger charge is -2.20. The molecule has 0 bridgehead atoms. The van der Waals surface area contributed by atoms with Crippen LogP contribution < -0.4 is 5.32 Å². The lowest BCUT2D eigenvalue weighted by Crippen LogP contribution is -2.30. The third-order valence-electron chi connectivity index (χ3n) is 10.6. The van der Waals surface area contributed by atoms with Crippen molar-refractivity contribution in [1.29, 1.82) is 0 Å². The standard InChI is InChI=1S/C46H88NO11P/c1-3-5-7-9-11-13-15-17-19-21-23-25-27-29-31-36-45(51)55-40-42(41-57-59(53,54)56-39-38-47-43(48)34-33-35-44(49)50)58-46(52)37-32-30-28-26-24-22-20-18-16-14-12-10-8-6-4-2/h42H,3-41H2,1-2H3,(H,47,48)(H,49,50)(H,53,54). The van der Waals surface area contributed by atoms with Gasteiger partial charge in [-0.1, -0.05) is 194 Å². The molecule has 0 aliphatic carbocycles. The Kier molecular flexibility index (Phi) is 41.2.